The Morgan fingerprint density at radius 3 is 2.20 bits per heavy atom. The van der Waals surface area contributed by atoms with E-state index in [1.165, 1.54) is 11.1 Å². The Balaban J connectivity index is 1.76. The number of rotatable bonds is 3. The van der Waals surface area contributed by atoms with Crippen LogP contribution in [0.4, 0.5) is 5.69 Å². The van der Waals surface area contributed by atoms with Crippen molar-refractivity contribution in [2.24, 2.45) is 0 Å². The number of aliphatic hydroxyl groups is 2. The summed E-state index contributed by atoms with van der Waals surface area (Å²) < 4.78 is 0. The molecule has 5 rings (SSSR count). The maximum atomic E-state index is 13.4. The first-order valence-corrected chi connectivity index (χ1v) is 9.66. The van der Waals surface area contributed by atoms with Gasteiger partial charge >= 0.3 is 0 Å². The molecule has 3 aromatic carbocycles. The molecule has 0 saturated carbocycles. The summed E-state index contributed by atoms with van der Waals surface area (Å²) in [5.74, 6) is -1.20. The van der Waals surface area contributed by atoms with Crippen molar-refractivity contribution in [2.45, 2.75) is 18.2 Å². The number of ketones is 2. The number of anilines is 1. The molecule has 148 valence electrons. The van der Waals surface area contributed by atoms with Crippen LogP contribution in [0.2, 0.25) is 0 Å². The van der Waals surface area contributed by atoms with Gasteiger partial charge in [-0.25, -0.2) is 0 Å². The summed E-state index contributed by atoms with van der Waals surface area (Å²) in [6.07, 6.45) is 1.40. The third kappa shape index (κ3) is 2.19. The van der Waals surface area contributed by atoms with Crippen LogP contribution in [0.15, 0.2) is 90.6 Å². The third-order valence-corrected chi connectivity index (χ3v) is 5.97. The molecule has 0 bridgehead atoms. The van der Waals surface area contributed by atoms with Crippen molar-refractivity contribution < 1.29 is 19.8 Å². The molecular formula is C25H19NO4. The number of hydrogen-bond acceptors (Lipinski definition) is 5. The van der Waals surface area contributed by atoms with E-state index >= 15 is 0 Å². The number of benzene rings is 3. The second-order valence-corrected chi connectivity index (χ2v) is 7.70. The van der Waals surface area contributed by atoms with Gasteiger partial charge in [0, 0.05) is 28.6 Å². The van der Waals surface area contributed by atoms with Crippen LogP contribution < -0.4 is 4.90 Å². The van der Waals surface area contributed by atoms with Crippen LogP contribution in [0.3, 0.4) is 0 Å². The van der Waals surface area contributed by atoms with Gasteiger partial charge in [0.05, 0.1) is 5.57 Å². The fourth-order valence-corrected chi connectivity index (χ4v) is 4.40. The fourth-order valence-electron chi connectivity index (χ4n) is 4.40. The van der Waals surface area contributed by atoms with Gasteiger partial charge in [-0.05, 0) is 19.1 Å². The summed E-state index contributed by atoms with van der Waals surface area (Å²) in [5, 5.41) is 23.6. The van der Waals surface area contributed by atoms with E-state index < -0.39 is 22.9 Å². The Morgan fingerprint density at radius 2 is 1.50 bits per heavy atom. The maximum absolute atomic E-state index is 13.4. The van der Waals surface area contributed by atoms with Gasteiger partial charge < -0.3 is 15.1 Å². The van der Waals surface area contributed by atoms with Gasteiger partial charge in [0.25, 0.3) is 0 Å². The fraction of sp³-hybridized carbons (Fsp3) is 0.120. The zero-order valence-electron chi connectivity index (χ0n) is 16.2. The number of aryl methyl sites for hydroxylation is 1. The smallest absolute Gasteiger partial charge is 0.211 e. The lowest BCUT2D eigenvalue weighted by Gasteiger charge is -2.39. The first-order chi connectivity index (χ1) is 14.4. The quantitative estimate of drug-likeness (QED) is 0.663. The number of hydrogen-bond donors (Lipinski definition) is 2. The average molecular weight is 397 g/mol. The molecular weight excluding hydrogens is 378 g/mol. The summed E-state index contributed by atoms with van der Waals surface area (Å²) in [5.41, 5.74) is -2.33. The predicted molar refractivity (Wildman–Crippen MR) is 112 cm³/mol. The Bertz CT molecular complexity index is 1220. The van der Waals surface area contributed by atoms with Gasteiger partial charge in [0.2, 0.25) is 17.1 Å². The van der Waals surface area contributed by atoms with Crippen molar-refractivity contribution in [3.05, 3.63) is 113 Å². The van der Waals surface area contributed by atoms with E-state index in [0.29, 0.717) is 11.3 Å². The number of carbonyl (C=O) groups excluding carboxylic acids is 2. The number of Topliss-reactive ketones (excluding diaryl/α,β-unsaturated/α-hetero) is 2. The monoisotopic (exact) mass is 397 g/mol. The lowest BCUT2D eigenvalue weighted by Crippen LogP contribution is -2.57. The van der Waals surface area contributed by atoms with Crippen LogP contribution in [0.5, 0.6) is 0 Å². The number of fused-ring (bicyclic) bond motifs is 3. The molecule has 0 spiro atoms. The normalized spacial score (nSPS) is 24.4. The van der Waals surface area contributed by atoms with Gasteiger partial charge in [-0.1, -0.05) is 72.3 Å². The summed E-state index contributed by atoms with van der Waals surface area (Å²) >= 11 is 0. The van der Waals surface area contributed by atoms with E-state index in [-0.39, 0.29) is 16.7 Å². The molecule has 2 atom stereocenters. The molecule has 0 aromatic heterocycles. The molecule has 1 aliphatic carbocycles. The highest BCUT2D eigenvalue weighted by Crippen LogP contribution is 2.55. The minimum absolute atomic E-state index is 0.155. The van der Waals surface area contributed by atoms with Crippen molar-refractivity contribution in [1.82, 2.24) is 0 Å². The Hall–Kier alpha value is -3.54. The minimum atomic E-state index is -2.42. The molecule has 0 saturated heterocycles. The molecule has 0 fully saturated rings. The number of nitrogens with zero attached hydrogens (tertiary/aromatic N) is 1. The summed E-state index contributed by atoms with van der Waals surface area (Å²) in [4.78, 5) is 28.1. The zero-order chi connectivity index (χ0) is 21.1. The molecule has 30 heavy (non-hydrogen) atoms. The molecule has 0 radical (unpaired) electrons. The third-order valence-electron chi connectivity index (χ3n) is 5.97. The Morgan fingerprint density at radius 1 is 0.867 bits per heavy atom. The molecule has 0 amide bonds. The second-order valence-electron chi connectivity index (χ2n) is 7.70. The molecule has 1 heterocycles. The minimum Gasteiger partial charge on any atom is -0.372 e. The molecule has 5 nitrogen and oxygen atoms in total. The van der Waals surface area contributed by atoms with Gasteiger partial charge in [0.15, 0.2) is 5.78 Å². The molecule has 5 heteroatoms. The zero-order valence-corrected chi connectivity index (χ0v) is 16.2. The Kier molecular flexibility index (Phi) is 3.84. The van der Waals surface area contributed by atoms with Crippen molar-refractivity contribution in [1.29, 1.82) is 0 Å². The highest BCUT2D eigenvalue weighted by Gasteiger charge is 2.71. The van der Waals surface area contributed by atoms with E-state index in [0.717, 1.165) is 5.56 Å². The van der Waals surface area contributed by atoms with Crippen LogP contribution >= 0.6 is 0 Å². The van der Waals surface area contributed by atoms with Crippen LogP contribution in [-0.4, -0.2) is 27.4 Å². The molecule has 2 aliphatic rings. The number of carbonyl (C=O) groups is 2. The van der Waals surface area contributed by atoms with Crippen LogP contribution in [0.25, 0.3) is 0 Å². The lowest BCUT2D eigenvalue weighted by atomic mass is 9.82. The largest absolute Gasteiger partial charge is 0.372 e. The van der Waals surface area contributed by atoms with Crippen LogP contribution in [0.1, 0.15) is 31.8 Å². The van der Waals surface area contributed by atoms with E-state index in [1.807, 2.05) is 19.1 Å². The standard InChI is InChI=1S/C25H19NO4/c1-16-11-13-18(14-12-16)26-15-21(22(27)17-7-3-2-4-8-17)24(29)23(28)19-9-5-6-10-20(19)25(24,26)30/h2-15,29-30H,1H3/t24-,25+/m0/s1. The SMILES string of the molecule is Cc1ccc(N2C=C(C(=O)c3ccccc3)[C@]3(O)C(=O)c4ccccc4[C@]23O)cc1. The van der Waals surface area contributed by atoms with Gasteiger partial charge in [-0.3, -0.25) is 9.59 Å². The summed E-state index contributed by atoms with van der Waals surface area (Å²) in [6.45, 7) is 1.94. The van der Waals surface area contributed by atoms with Crippen LogP contribution in [-0.2, 0) is 5.72 Å². The van der Waals surface area contributed by atoms with E-state index in [9.17, 15) is 19.8 Å². The topological polar surface area (TPSA) is 77.8 Å². The predicted octanol–water partition coefficient (Wildman–Crippen LogP) is 3.35. The molecule has 0 unspecified atom stereocenters. The lowest BCUT2D eigenvalue weighted by molar-refractivity contribution is -0.0878. The summed E-state index contributed by atoms with van der Waals surface area (Å²) in [7, 11) is 0. The highest BCUT2D eigenvalue weighted by molar-refractivity contribution is 6.22. The van der Waals surface area contributed by atoms with Crippen molar-refractivity contribution in [2.75, 3.05) is 4.90 Å². The van der Waals surface area contributed by atoms with Crippen LogP contribution in [0, 0.1) is 6.92 Å². The van der Waals surface area contributed by atoms with E-state index in [1.54, 1.807) is 66.7 Å². The van der Waals surface area contributed by atoms with E-state index in [2.05, 4.69) is 0 Å². The molecule has 2 N–H and O–H groups in total. The summed E-state index contributed by atoms with van der Waals surface area (Å²) in [6, 6.07) is 22.3. The van der Waals surface area contributed by atoms with Crippen molar-refractivity contribution in [3.63, 3.8) is 0 Å². The van der Waals surface area contributed by atoms with E-state index in [4.69, 9.17) is 0 Å². The second kappa shape index (κ2) is 6.23. The van der Waals surface area contributed by atoms with Gasteiger partial charge in [0.1, 0.15) is 0 Å². The van der Waals surface area contributed by atoms with Crippen molar-refractivity contribution in [3.8, 4) is 0 Å². The Labute approximate surface area is 173 Å². The maximum Gasteiger partial charge on any atom is 0.211 e. The van der Waals surface area contributed by atoms with Gasteiger partial charge in [-0.15, -0.1) is 0 Å². The first kappa shape index (κ1) is 18.5. The van der Waals surface area contributed by atoms with Gasteiger partial charge in [-0.2, -0.15) is 0 Å². The first-order valence-electron chi connectivity index (χ1n) is 9.66. The molecule has 1 aliphatic heterocycles. The highest BCUT2D eigenvalue weighted by atomic mass is 16.4. The van der Waals surface area contributed by atoms with Crippen molar-refractivity contribution >= 4 is 17.3 Å². The average Bonchev–Trinajstić information content (AvgIpc) is 3.12. The molecule has 3 aromatic rings.